The number of benzene rings is 2. The lowest BCUT2D eigenvalue weighted by molar-refractivity contribution is -0.116. The van der Waals surface area contributed by atoms with Crippen molar-refractivity contribution >= 4 is 17.6 Å². The quantitative estimate of drug-likeness (QED) is 0.391. The Morgan fingerprint density at radius 1 is 1.12 bits per heavy atom. The van der Waals surface area contributed by atoms with Gasteiger partial charge in [-0.1, -0.05) is 41.1 Å². The maximum Gasteiger partial charge on any atom is 0.341 e. The SMILES string of the molecule is CCOC(=O)c1cnn(-c2cccc(NC(=O)CCc3nc(-c4ccc(C)cc4)no3)c2)c1C. The number of aromatic nitrogens is 4. The number of ether oxygens (including phenoxy) is 1. The molecule has 0 saturated heterocycles. The molecule has 0 atom stereocenters. The third-order valence-corrected chi connectivity index (χ3v) is 5.22. The van der Waals surface area contributed by atoms with Gasteiger partial charge < -0.3 is 14.6 Å². The zero-order valence-electron chi connectivity index (χ0n) is 19.2. The van der Waals surface area contributed by atoms with Crippen LogP contribution in [0, 0.1) is 13.8 Å². The maximum atomic E-state index is 12.5. The fourth-order valence-corrected chi connectivity index (χ4v) is 3.41. The lowest BCUT2D eigenvalue weighted by atomic mass is 10.1. The number of nitrogens with zero attached hydrogens (tertiary/aromatic N) is 4. The van der Waals surface area contributed by atoms with Gasteiger partial charge in [-0.05, 0) is 39.0 Å². The van der Waals surface area contributed by atoms with E-state index in [0.717, 1.165) is 11.1 Å². The molecule has 0 radical (unpaired) electrons. The first-order chi connectivity index (χ1) is 16.4. The molecular weight excluding hydrogens is 434 g/mol. The molecule has 4 rings (SSSR count). The van der Waals surface area contributed by atoms with E-state index >= 15 is 0 Å². The Balaban J connectivity index is 1.38. The van der Waals surface area contributed by atoms with Crippen molar-refractivity contribution in [3.8, 4) is 17.1 Å². The number of carbonyl (C=O) groups is 2. The minimum Gasteiger partial charge on any atom is -0.462 e. The third kappa shape index (κ3) is 5.20. The lowest BCUT2D eigenvalue weighted by Crippen LogP contribution is -2.13. The first-order valence-corrected chi connectivity index (χ1v) is 11.0. The van der Waals surface area contributed by atoms with Crippen LogP contribution in [0.1, 0.15) is 40.9 Å². The number of rotatable bonds is 8. The number of nitrogens with one attached hydrogen (secondary N) is 1. The summed E-state index contributed by atoms with van der Waals surface area (Å²) < 4.78 is 12.0. The third-order valence-electron chi connectivity index (χ3n) is 5.22. The molecule has 2 aromatic heterocycles. The first-order valence-electron chi connectivity index (χ1n) is 11.0. The van der Waals surface area contributed by atoms with E-state index in [9.17, 15) is 9.59 Å². The highest BCUT2D eigenvalue weighted by molar-refractivity contribution is 5.91. The minimum atomic E-state index is -0.415. The summed E-state index contributed by atoms with van der Waals surface area (Å²) in [6.45, 7) is 5.85. The molecule has 34 heavy (non-hydrogen) atoms. The minimum absolute atomic E-state index is 0.184. The molecule has 0 aliphatic heterocycles. The molecule has 9 nitrogen and oxygen atoms in total. The van der Waals surface area contributed by atoms with E-state index in [-0.39, 0.29) is 12.3 Å². The van der Waals surface area contributed by atoms with Crippen LogP contribution in [0.2, 0.25) is 0 Å². The average molecular weight is 460 g/mol. The number of anilines is 1. The van der Waals surface area contributed by atoms with Crippen molar-refractivity contribution in [1.29, 1.82) is 0 Å². The molecule has 0 saturated carbocycles. The Morgan fingerprint density at radius 2 is 1.91 bits per heavy atom. The van der Waals surface area contributed by atoms with Crippen LogP contribution < -0.4 is 5.32 Å². The summed E-state index contributed by atoms with van der Waals surface area (Å²) in [5, 5.41) is 11.2. The van der Waals surface area contributed by atoms with Gasteiger partial charge in [-0.2, -0.15) is 10.1 Å². The van der Waals surface area contributed by atoms with Crippen molar-refractivity contribution in [3.63, 3.8) is 0 Å². The van der Waals surface area contributed by atoms with Crippen molar-refractivity contribution in [2.24, 2.45) is 0 Å². The summed E-state index contributed by atoms with van der Waals surface area (Å²) in [4.78, 5) is 28.9. The van der Waals surface area contributed by atoms with Crippen molar-refractivity contribution in [2.45, 2.75) is 33.6 Å². The summed E-state index contributed by atoms with van der Waals surface area (Å²) in [5.41, 5.74) is 4.40. The maximum absolute atomic E-state index is 12.5. The van der Waals surface area contributed by atoms with Crippen molar-refractivity contribution < 1.29 is 18.8 Å². The number of esters is 1. The molecular formula is C25H25N5O4. The molecule has 0 fully saturated rings. The normalized spacial score (nSPS) is 10.8. The molecule has 1 amide bonds. The Kier molecular flexibility index (Phi) is 6.82. The molecule has 0 spiro atoms. The zero-order valence-corrected chi connectivity index (χ0v) is 19.2. The summed E-state index contributed by atoms with van der Waals surface area (Å²) in [6, 6.07) is 15.0. The van der Waals surface area contributed by atoms with E-state index in [1.807, 2.05) is 43.3 Å². The van der Waals surface area contributed by atoms with E-state index in [2.05, 4.69) is 20.6 Å². The van der Waals surface area contributed by atoms with Gasteiger partial charge in [0.15, 0.2) is 0 Å². The molecule has 0 unspecified atom stereocenters. The van der Waals surface area contributed by atoms with Gasteiger partial charge in [0.25, 0.3) is 0 Å². The largest absolute Gasteiger partial charge is 0.462 e. The molecule has 9 heteroatoms. The van der Waals surface area contributed by atoms with E-state index < -0.39 is 5.97 Å². The van der Waals surface area contributed by atoms with Crippen molar-refractivity contribution in [3.05, 3.63) is 77.4 Å². The van der Waals surface area contributed by atoms with Crippen LogP contribution >= 0.6 is 0 Å². The standard InChI is InChI=1S/C25H25N5O4/c1-4-33-25(32)21-15-26-30(17(21)3)20-7-5-6-19(14-20)27-22(31)12-13-23-28-24(29-34-23)18-10-8-16(2)9-11-18/h5-11,14-15H,4,12-13H2,1-3H3,(H,27,31). The van der Waals surface area contributed by atoms with Gasteiger partial charge in [-0.25, -0.2) is 9.48 Å². The summed E-state index contributed by atoms with van der Waals surface area (Å²) in [5.74, 6) is 0.303. The topological polar surface area (TPSA) is 112 Å². The number of carbonyl (C=O) groups excluding carboxylic acids is 2. The summed E-state index contributed by atoms with van der Waals surface area (Å²) in [6.07, 6.45) is 1.99. The number of hydrogen-bond donors (Lipinski definition) is 1. The molecule has 174 valence electrons. The van der Waals surface area contributed by atoms with Crippen LogP contribution in [0.5, 0.6) is 0 Å². The van der Waals surface area contributed by atoms with Gasteiger partial charge in [-0.15, -0.1) is 0 Å². The molecule has 2 aromatic carbocycles. The van der Waals surface area contributed by atoms with Crippen molar-refractivity contribution in [2.75, 3.05) is 11.9 Å². The van der Waals surface area contributed by atoms with Gasteiger partial charge in [0.05, 0.1) is 24.2 Å². The fourth-order valence-electron chi connectivity index (χ4n) is 3.41. The highest BCUT2D eigenvalue weighted by Gasteiger charge is 2.16. The van der Waals surface area contributed by atoms with E-state index in [1.165, 1.54) is 6.20 Å². The summed E-state index contributed by atoms with van der Waals surface area (Å²) >= 11 is 0. The Labute approximate surface area is 196 Å². The second kappa shape index (κ2) is 10.1. The molecule has 0 aliphatic carbocycles. The van der Waals surface area contributed by atoms with Crippen LogP contribution in [0.4, 0.5) is 5.69 Å². The first kappa shape index (κ1) is 22.9. The Hall–Kier alpha value is -4.27. The monoisotopic (exact) mass is 459 g/mol. The van der Waals surface area contributed by atoms with E-state index in [0.29, 0.717) is 47.4 Å². The second-order valence-corrected chi connectivity index (χ2v) is 7.75. The van der Waals surface area contributed by atoms with Crippen LogP contribution in [-0.4, -0.2) is 38.4 Å². The van der Waals surface area contributed by atoms with Gasteiger partial charge in [0.1, 0.15) is 5.56 Å². The van der Waals surface area contributed by atoms with E-state index in [4.69, 9.17) is 9.26 Å². The van der Waals surface area contributed by atoms with Gasteiger partial charge in [-0.3, -0.25) is 4.79 Å². The van der Waals surface area contributed by atoms with Crippen molar-refractivity contribution in [1.82, 2.24) is 19.9 Å². The molecule has 2 heterocycles. The van der Waals surface area contributed by atoms with Crippen LogP contribution in [-0.2, 0) is 16.0 Å². The Morgan fingerprint density at radius 3 is 2.68 bits per heavy atom. The highest BCUT2D eigenvalue weighted by atomic mass is 16.5. The fraction of sp³-hybridized carbons (Fsp3) is 0.240. The molecule has 0 aliphatic rings. The predicted molar refractivity (Wildman–Crippen MR) is 126 cm³/mol. The van der Waals surface area contributed by atoms with Crippen LogP contribution in [0.25, 0.3) is 17.1 Å². The number of aryl methyl sites for hydroxylation is 2. The smallest absolute Gasteiger partial charge is 0.341 e. The van der Waals surface area contributed by atoms with Gasteiger partial charge in [0.2, 0.25) is 17.6 Å². The van der Waals surface area contributed by atoms with Gasteiger partial charge in [0, 0.05) is 24.1 Å². The average Bonchev–Trinajstić information content (AvgIpc) is 3.45. The highest BCUT2D eigenvalue weighted by Crippen LogP contribution is 2.20. The zero-order chi connectivity index (χ0) is 24.1. The van der Waals surface area contributed by atoms with E-state index in [1.54, 1.807) is 30.7 Å². The number of amides is 1. The predicted octanol–water partition coefficient (Wildman–Crippen LogP) is 4.29. The number of hydrogen-bond acceptors (Lipinski definition) is 7. The van der Waals surface area contributed by atoms with Crippen LogP contribution in [0.3, 0.4) is 0 Å². The molecule has 0 bridgehead atoms. The second-order valence-electron chi connectivity index (χ2n) is 7.75. The van der Waals surface area contributed by atoms with Crippen LogP contribution in [0.15, 0.2) is 59.3 Å². The summed E-state index contributed by atoms with van der Waals surface area (Å²) in [7, 11) is 0. The Bertz CT molecular complexity index is 1310. The lowest BCUT2D eigenvalue weighted by Gasteiger charge is -2.09. The van der Waals surface area contributed by atoms with Gasteiger partial charge >= 0.3 is 5.97 Å². The molecule has 4 aromatic rings. The molecule has 1 N–H and O–H groups in total.